The second kappa shape index (κ2) is 34.6. The van der Waals surface area contributed by atoms with Crippen molar-refractivity contribution in [1.29, 1.82) is 0 Å². The summed E-state index contributed by atoms with van der Waals surface area (Å²) < 4.78 is 10.5. The van der Waals surface area contributed by atoms with Gasteiger partial charge in [-0.25, -0.2) is 0 Å². The first-order valence-electron chi connectivity index (χ1n) is 19.3. The highest BCUT2D eigenvalue weighted by Crippen LogP contribution is 2.15. The van der Waals surface area contributed by atoms with Gasteiger partial charge in [-0.15, -0.1) is 0 Å². The molecule has 0 spiro atoms. The van der Waals surface area contributed by atoms with Gasteiger partial charge in [-0.05, 0) is 38.0 Å². The summed E-state index contributed by atoms with van der Waals surface area (Å²) in [5.41, 5.74) is 0. The van der Waals surface area contributed by atoms with Gasteiger partial charge in [-0.1, -0.05) is 166 Å². The SMILES string of the molecule is CCCCC[C@@H](O)/C=C/C=C\C/C=C\C=C\[C@@H](O)CCCC(=O)O[C@@H](CO)COC(=O)CCCCCCCCCCCCCCC(C)C. The number of unbranched alkanes of at least 4 members (excludes halogenated alkanes) is 13. The summed E-state index contributed by atoms with van der Waals surface area (Å²) in [7, 11) is 0. The molecule has 0 aromatic heterocycles. The van der Waals surface area contributed by atoms with E-state index >= 15 is 0 Å². The number of hydrogen-bond donors (Lipinski definition) is 3. The summed E-state index contributed by atoms with van der Waals surface area (Å²) in [6.45, 7) is 6.17. The molecule has 0 heterocycles. The maximum atomic E-state index is 12.2. The predicted octanol–water partition coefficient (Wildman–Crippen LogP) is 9.64. The molecular weight excluding hydrogens is 604 g/mol. The number of carbonyl (C=O) groups is 2. The molecule has 0 amide bonds. The van der Waals surface area contributed by atoms with Gasteiger partial charge in [-0.3, -0.25) is 9.59 Å². The van der Waals surface area contributed by atoms with Crippen molar-refractivity contribution in [3.05, 3.63) is 48.6 Å². The molecule has 0 fully saturated rings. The largest absolute Gasteiger partial charge is 0.462 e. The number of allylic oxidation sites excluding steroid dienone is 6. The number of aliphatic hydroxyl groups excluding tert-OH is 3. The summed E-state index contributed by atoms with van der Waals surface area (Å²) in [6.07, 6.45) is 35.3. The average Bonchev–Trinajstić information content (AvgIpc) is 3.05. The Kier molecular flexibility index (Phi) is 33.0. The van der Waals surface area contributed by atoms with Gasteiger partial charge in [0.05, 0.1) is 18.8 Å². The fraction of sp³-hybridized carbons (Fsp3) is 0.756. The Balaban J connectivity index is 3.82. The van der Waals surface area contributed by atoms with Gasteiger partial charge in [-0.2, -0.15) is 0 Å². The Labute approximate surface area is 294 Å². The standard InChI is InChI=1S/C41H72O7/c1-4-5-21-28-37(43)29-23-18-14-12-15-19-24-30-38(44)31-26-33-41(46)48-39(34-42)35-47-40(45)32-25-20-16-11-9-7-6-8-10-13-17-22-27-36(2)3/h14-15,18-19,23-24,29-30,36-39,42-44H,4-13,16-17,20-22,25-28,31-35H2,1-3H3/b18-14-,19-15-,29-23+,30-24+/t37-,38-,39+/m1/s1. The molecule has 0 unspecified atom stereocenters. The molecule has 278 valence electrons. The van der Waals surface area contributed by atoms with E-state index in [-0.39, 0.29) is 25.1 Å². The number of esters is 2. The lowest BCUT2D eigenvalue weighted by atomic mass is 10.0. The fourth-order valence-corrected chi connectivity index (χ4v) is 5.25. The second-order valence-electron chi connectivity index (χ2n) is 13.5. The van der Waals surface area contributed by atoms with E-state index in [4.69, 9.17) is 9.47 Å². The third kappa shape index (κ3) is 33.7. The lowest BCUT2D eigenvalue weighted by Gasteiger charge is -2.16. The van der Waals surface area contributed by atoms with E-state index in [9.17, 15) is 24.9 Å². The summed E-state index contributed by atoms with van der Waals surface area (Å²) in [4.78, 5) is 24.2. The summed E-state index contributed by atoms with van der Waals surface area (Å²) in [5, 5.41) is 29.5. The van der Waals surface area contributed by atoms with Crippen molar-refractivity contribution in [1.82, 2.24) is 0 Å². The molecule has 3 atom stereocenters. The lowest BCUT2D eigenvalue weighted by molar-refractivity contribution is -0.161. The van der Waals surface area contributed by atoms with E-state index < -0.39 is 24.8 Å². The zero-order valence-corrected chi connectivity index (χ0v) is 30.9. The van der Waals surface area contributed by atoms with Gasteiger partial charge in [0.1, 0.15) is 6.61 Å². The van der Waals surface area contributed by atoms with Crippen LogP contribution in [0.25, 0.3) is 0 Å². The van der Waals surface area contributed by atoms with E-state index in [1.54, 1.807) is 12.2 Å². The van der Waals surface area contributed by atoms with Crippen LogP contribution in [0.2, 0.25) is 0 Å². The maximum Gasteiger partial charge on any atom is 0.306 e. The zero-order valence-electron chi connectivity index (χ0n) is 30.9. The number of carbonyl (C=O) groups excluding carboxylic acids is 2. The topological polar surface area (TPSA) is 113 Å². The number of hydrogen-bond acceptors (Lipinski definition) is 7. The monoisotopic (exact) mass is 677 g/mol. The first kappa shape index (κ1) is 45.8. The van der Waals surface area contributed by atoms with Crippen LogP contribution in [0.5, 0.6) is 0 Å². The molecule has 0 bridgehead atoms. The fourth-order valence-electron chi connectivity index (χ4n) is 5.25. The van der Waals surface area contributed by atoms with Crippen LogP contribution in [0.3, 0.4) is 0 Å². The predicted molar refractivity (Wildman–Crippen MR) is 199 cm³/mol. The van der Waals surface area contributed by atoms with Crippen molar-refractivity contribution < 1.29 is 34.4 Å². The highest BCUT2D eigenvalue weighted by Gasteiger charge is 2.16. The van der Waals surface area contributed by atoms with Crippen molar-refractivity contribution >= 4 is 11.9 Å². The molecule has 0 saturated heterocycles. The van der Waals surface area contributed by atoms with Gasteiger partial charge in [0.25, 0.3) is 0 Å². The summed E-state index contributed by atoms with van der Waals surface area (Å²) in [5.74, 6) is 0.00726. The van der Waals surface area contributed by atoms with Crippen LogP contribution in [0.4, 0.5) is 0 Å². The van der Waals surface area contributed by atoms with E-state index in [0.29, 0.717) is 19.3 Å². The first-order chi connectivity index (χ1) is 23.3. The van der Waals surface area contributed by atoms with E-state index in [1.807, 2.05) is 36.5 Å². The van der Waals surface area contributed by atoms with Crippen LogP contribution in [0.15, 0.2) is 48.6 Å². The molecular formula is C41H72O7. The normalized spacial score (nSPS) is 14.1. The molecule has 48 heavy (non-hydrogen) atoms. The first-order valence-corrected chi connectivity index (χ1v) is 19.3. The molecule has 0 saturated carbocycles. The molecule has 0 aromatic carbocycles. The highest BCUT2D eigenvalue weighted by molar-refractivity contribution is 5.70. The zero-order chi connectivity index (χ0) is 35.5. The minimum atomic E-state index is -0.878. The number of rotatable bonds is 33. The Morgan fingerprint density at radius 1 is 0.604 bits per heavy atom. The van der Waals surface area contributed by atoms with Crippen molar-refractivity contribution in [3.8, 4) is 0 Å². The Bertz CT molecular complexity index is 861. The van der Waals surface area contributed by atoms with E-state index in [2.05, 4.69) is 20.8 Å². The summed E-state index contributed by atoms with van der Waals surface area (Å²) in [6, 6.07) is 0. The van der Waals surface area contributed by atoms with E-state index in [0.717, 1.165) is 57.3 Å². The van der Waals surface area contributed by atoms with Crippen LogP contribution in [-0.2, 0) is 19.1 Å². The van der Waals surface area contributed by atoms with Gasteiger partial charge in [0, 0.05) is 12.8 Å². The van der Waals surface area contributed by atoms with Crippen molar-refractivity contribution in [2.24, 2.45) is 5.92 Å². The average molecular weight is 677 g/mol. The molecule has 0 aliphatic carbocycles. The van der Waals surface area contributed by atoms with Crippen molar-refractivity contribution in [3.63, 3.8) is 0 Å². The third-order valence-electron chi connectivity index (χ3n) is 8.26. The van der Waals surface area contributed by atoms with Crippen molar-refractivity contribution in [2.45, 2.75) is 180 Å². The van der Waals surface area contributed by atoms with Crippen LogP contribution in [0.1, 0.15) is 162 Å². The second-order valence-corrected chi connectivity index (χ2v) is 13.5. The van der Waals surface area contributed by atoms with Gasteiger partial charge < -0.3 is 24.8 Å². The minimum absolute atomic E-state index is 0.106. The van der Waals surface area contributed by atoms with Crippen LogP contribution >= 0.6 is 0 Å². The maximum absolute atomic E-state index is 12.2. The molecule has 0 aromatic rings. The molecule has 0 radical (unpaired) electrons. The molecule has 0 rings (SSSR count). The van der Waals surface area contributed by atoms with Gasteiger partial charge in [0.15, 0.2) is 6.10 Å². The molecule has 7 nitrogen and oxygen atoms in total. The molecule has 0 aliphatic heterocycles. The lowest BCUT2D eigenvalue weighted by Crippen LogP contribution is -2.28. The molecule has 3 N–H and O–H groups in total. The van der Waals surface area contributed by atoms with Crippen LogP contribution in [-0.4, -0.2) is 58.8 Å². The molecule has 0 aliphatic rings. The smallest absolute Gasteiger partial charge is 0.306 e. The Morgan fingerprint density at radius 3 is 1.60 bits per heavy atom. The van der Waals surface area contributed by atoms with Crippen LogP contribution < -0.4 is 0 Å². The van der Waals surface area contributed by atoms with E-state index in [1.165, 1.54) is 64.2 Å². The highest BCUT2D eigenvalue weighted by atomic mass is 16.6. The Morgan fingerprint density at radius 2 is 1.08 bits per heavy atom. The number of ether oxygens (including phenoxy) is 2. The third-order valence-corrected chi connectivity index (χ3v) is 8.26. The summed E-state index contributed by atoms with van der Waals surface area (Å²) >= 11 is 0. The number of aliphatic hydroxyl groups is 3. The Hall–Kier alpha value is -2.22. The molecule has 7 heteroatoms. The van der Waals surface area contributed by atoms with Crippen LogP contribution in [0, 0.1) is 5.92 Å². The minimum Gasteiger partial charge on any atom is -0.462 e. The van der Waals surface area contributed by atoms with Crippen molar-refractivity contribution in [2.75, 3.05) is 13.2 Å². The quantitative estimate of drug-likeness (QED) is 0.0360. The van der Waals surface area contributed by atoms with Gasteiger partial charge >= 0.3 is 11.9 Å². The van der Waals surface area contributed by atoms with Gasteiger partial charge in [0.2, 0.25) is 0 Å².